The van der Waals surface area contributed by atoms with Crippen molar-refractivity contribution >= 4 is 23.3 Å². The van der Waals surface area contributed by atoms with E-state index in [0.29, 0.717) is 13.0 Å². The first-order valence-electron chi connectivity index (χ1n) is 10.4. The zero-order valence-corrected chi connectivity index (χ0v) is 17.1. The molecule has 0 radical (unpaired) electrons. The van der Waals surface area contributed by atoms with Crippen LogP contribution in [-0.4, -0.2) is 61.0 Å². The van der Waals surface area contributed by atoms with Gasteiger partial charge in [-0.05, 0) is 55.3 Å². The monoisotopic (exact) mass is 392 g/mol. The normalized spacial score (nSPS) is 16.6. The van der Waals surface area contributed by atoms with Crippen LogP contribution in [0.1, 0.15) is 28.4 Å². The summed E-state index contributed by atoms with van der Waals surface area (Å²) in [5.41, 5.74) is 4.44. The molecule has 0 spiro atoms. The molecule has 152 valence electrons. The summed E-state index contributed by atoms with van der Waals surface area (Å²) in [7, 11) is 0. The number of carbonyl (C=O) groups excluding carboxylic acids is 2. The average Bonchev–Trinajstić information content (AvgIpc) is 3.18. The van der Waals surface area contributed by atoms with Crippen LogP contribution < -0.4 is 10.2 Å². The van der Waals surface area contributed by atoms with E-state index >= 15 is 0 Å². The van der Waals surface area contributed by atoms with Gasteiger partial charge in [0.2, 0.25) is 0 Å². The number of likely N-dealkylation sites (N-methyl/N-ethyl adjacent to an activating group) is 1. The fourth-order valence-electron chi connectivity index (χ4n) is 4.20. The third-order valence-corrected chi connectivity index (χ3v) is 5.88. The third kappa shape index (κ3) is 3.98. The first kappa shape index (κ1) is 19.5. The van der Waals surface area contributed by atoms with Crippen LogP contribution in [0.2, 0.25) is 0 Å². The van der Waals surface area contributed by atoms with Gasteiger partial charge in [-0.25, -0.2) is 4.79 Å². The van der Waals surface area contributed by atoms with Crippen molar-refractivity contribution in [1.82, 2.24) is 9.80 Å². The average molecular weight is 393 g/mol. The number of anilines is 2. The van der Waals surface area contributed by atoms with Gasteiger partial charge < -0.3 is 15.1 Å². The van der Waals surface area contributed by atoms with Crippen molar-refractivity contribution in [3.63, 3.8) is 0 Å². The Morgan fingerprint density at radius 2 is 1.76 bits per heavy atom. The van der Waals surface area contributed by atoms with Gasteiger partial charge in [0.15, 0.2) is 0 Å². The van der Waals surface area contributed by atoms with E-state index in [2.05, 4.69) is 17.1 Å². The Labute approximate surface area is 172 Å². The van der Waals surface area contributed by atoms with Crippen LogP contribution in [0.4, 0.5) is 16.2 Å². The molecule has 2 aromatic carbocycles. The molecule has 0 atom stereocenters. The summed E-state index contributed by atoms with van der Waals surface area (Å²) in [4.78, 5) is 32.0. The van der Waals surface area contributed by atoms with Gasteiger partial charge in [0.05, 0.1) is 0 Å². The van der Waals surface area contributed by atoms with E-state index in [1.54, 1.807) is 4.90 Å². The number of hydrogen-bond acceptors (Lipinski definition) is 3. The Morgan fingerprint density at radius 1 is 1.00 bits per heavy atom. The second kappa shape index (κ2) is 8.25. The van der Waals surface area contributed by atoms with Gasteiger partial charge in [-0.3, -0.25) is 9.69 Å². The quantitative estimate of drug-likeness (QED) is 0.871. The van der Waals surface area contributed by atoms with E-state index in [1.165, 1.54) is 0 Å². The van der Waals surface area contributed by atoms with Crippen LogP contribution >= 0.6 is 0 Å². The van der Waals surface area contributed by atoms with Crippen LogP contribution in [0.3, 0.4) is 0 Å². The summed E-state index contributed by atoms with van der Waals surface area (Å²) < 4.78 is 0. The molecule has 1 saturated heterocycles. The molecule has 3 amide bonds. The Morgan fingerprint density at radius 3 is 2.48 bits per heavy atom. The molecule has 29 heavy (non-hydrogen) atoms. The van der Waals surface area contributed by atoms with Gasteiger partial charge in [-0.2, -0.15) is 0 Å². The highest BCUT2D eigenvalue weighted by Gasteiger charge is 2.30. The highest BCUT2D eigenvalue weighted by Crippen LogP contribution is 2.32. The number of urea groups is 1. The van der Waals surface area contributed by atoms with E-state index in [0.717, 1.165) is 60.8 Å². The molecule has 2 heterocycles. The molecular weight excluding hydrogens is 364 g/mol. The maximum absolute atomic E-state index is 13.1. The van der Waals surface area contributed by atoms with E-state index in [4.69, 9.17) is 0 Å². The molecule has 4 rings (SSSR count). The molecule has 1 fully saturated rings. The molecular formula is C23H28N4O2. The number of fused-ring (bicyclic) bond motifs is 1. The van der Waals surface area contributed by atoms with Crippen molar-refractivity contribution in [3.05, 3.63) is 59.2 Å². The molecule has 0 bridgehead atoms. The highest BCUT2D eigenvalue weighted by molar-refractivity contribution is 6.05. The topological polar surface area (TPSA) is 55.9 Å². The zero-order valence-electron chi connectivity index (χ0n) is 17.1. The fourth-order valence-corrected chi connectivity index (χ4v) is 4.20. The molecule has 0 aromatic heterocycles. The maximum Gasteiger partial charge on any atom is 0.326 e. The van der Waals surface area contributed by atoms with Crippen LogP contribution in [0.25, 0.3) is 0 Å². The first-order valence-corrected chi connectivity index (χ1v) is 10.4. The Kier molecular flexibility index (Phi) is 5.53. The lowest BCUT2D eigenvalue weighted by atomic mass is 10.0. The number of nitrogens with one attached hydrogen (secondary N) is 1. The predicted octanol–water partition coefficient (Wildman–Crippen LogP) is 3.37. The summed E-state index contributed by atoms with van der Waals surface area (Å²) in [5.74, 6) is 0.0820. The van der Waals surface area contributed by atoms with Crippen molar-refractivity contribution in [3.8, 4) is 0 Å². The second-order valence-electron chi connectivity index (χ2n) is 7.73. The van der Waals surface area contributed by atoms with Crippen LogP contribution in [0.15, 0.2) is 42.5 Å². The standard InChI is InChI=1S/C23H28N4O2/c1-3-25-12-14-26(15-13-25)22(28)20-8-5-9-21-19(20)10-11-27(21)23(29)24-18-7-4-6-17(2)16-18/h4-9,16H,3,10-15H2,1-2H3,(H,24,29). The minimum Gasteiger partial charge on any atom is -0.336 e. The molecule has 6 heteroatoms. The molecule has 2 aliphatic rings. The second-order valence-corrected chi connectivity index (χ2v) is 7.73. The van der Waals surface area contributed by atoms with Crippen molar-refractivity contribution in [2.45, 2.75) is 20.3 Å². The summed E-state index contributed by atoms with van der Waals surface area (Å²) in [5, 5.41) is 2.98. The van der Waals surface area contributed by atoms with Gasteiger partial charge in [0, 0.05) is 49.7 Å². The smallest absolute Gasteiger partial charge is 0.326 e. The maximum atomic E-state index is 13.1. The largest absolute Gasteiger partial charge is 0.336 e. The number of piperazine rings is 1. The molecule has 0 saturated carbocycles. The van der Waals surface area contributed by atoms with Gasteiger partial charge in [-0.1, -0.05) is 25.1 Å². The Hall–Kier alpha value is -2.86. The van der Waals surface area contributed by atoms with E-state index in [-0.39, 0.29) is 11.9 Å². The number of rotatable bonds is 3. The number of carbonyl (C=O) groups is 2. The molecule has 0 unspecified atom stereocenters. The fraction of sp³-hybridized carbons (Fsp3) is 0.391. The van der Waals surface area contributed by atoms with Crippen molar-refractivity contribution in [1.29, 1.82) is 0 Å². The van der Waals surface area contributed by atoms with Crippen LogP contribution in [0.5, 0.6) is 0 Å². The lowest BCUT2D eigenvalue weighted by molar-refractivity contribution is 0.0642. The van der Waals surface area contributed by atoms with Crippen LogP contribution in [0, 0.1) is 6.92 Å². The Balaban J connectivity index is 1.51. The first-order chi connectivity index (χ1) is 14.1. The summed E-state index contributed by atoms with van der Waals surface area (Å²) in [6.45, 7) is 9.11. The zero-order chi connectivity index (χ0) is 20.4. The highest BCUT2D eigenvalue weighted by atomic mass is 16.2. The van der Waals surface area contributed by atoms with Crippen molar-refractivity contribution in [2.24, 2.45) is 0 Å². The van der Waals surface area contributed by atoms with E-state index in [1.807, 2.05) is 54.3 Å². The summed E-state index contributed by atoms with van der Waals surface area (Å²) >= 11 is 0. The Bertz CT molecular complexity index is 919. The molecule has 2 aromatic rings. The minimum absolute atomic E-state index is 0.0820. The SMILES string of the molecule is CCN1CCN(C(=O)c2cccc3c2CCN3C(=O)Nc2cccc(C)c2)CC1. The number of aryl methyl sites for hydroxylation is 1. The van der Waals surface area contributed by atoms with Crippen molar-refractivity contribution < 1.29 is 9.59 Å². The number of nitrogens with zero attached hydrogens (tertiary/aromatic N) is 3. The number of benzene rings is 2. The lowest BCUT2D eigenvalue weighted by Crippen LogP contribution is -2.48. The molecule has 6 nitrogen and oxygen atoms in total. The number of amides is 3. The van der Waals surface area contributed by atoms with Gasteiger partial charge in [0.25, 0.3) is 5.91 Å². The summed E-state index contributed by atoms with van der Waals surface area (Å²) in [6, 6.07) is 13.3. The van der Waals surface area contributed by atoms with Gasteiger partial charge in [-0.15, -0.1) is 0 Å². The van der Waals surface area contributed by atoms with E-state index < -0.39 is 0 Å². The van der Waals surface area contributed by atoms with E-state index in [9.17, 15) is 9.59 Å². The summed E-state index contributed by atoms with van der Waals surface area (Å²) in [6.07, 6.45) is 0.702. The van der Waals surface area contributed by atoms with Gasteiger partial charge in [0.1, 0.15) is 0 Å². The molecule has 0 aliphatic carbocycles. The number of hydrogen-bond donors (Lipinski definition) is 1. The molecule has 1 N–H and O–H groups in total. The van der Waals surface area contributed by atoms with Crippen molar-refractivity contribution in [2.75, 3.05) is 49.5 Å². The molecule has 2 aliphatic heterocycles. The van der Waals surface area contributed by atoms with Crippen LogP contribution in [-0.2, 0) is 6.42 Å². The minimum atomic E-state index is -0.157. The lowest BCUT2D eigenvalue weighted by Gasteiger charge is -2.34. The third-order valence-electron chi connectivity index (χ3n) is 5.88. The van der Waals surface area contributed by atoms with Gasteiger partial charge >= 0.3 is 6.03 Å². The predicted molar refractivity (Wildman–Crippen MR) is 116 cm³/mol.